The first kappa shape index (κ1) is 26.3. The highest BCUT2D eigenvalue weighted by molar-refractivity contribution is 7.92. The first-order chi connectivity index (χ1) is 18.0. The molecule has 1 saturated heterocycles. The van der Waals surface area contributed by atoms with E-state index in [4.69, 9.17) is 11.6 Å². The van der Waals surface area contributed by atoms with Crippen LogP contribution >= 0.6 is 11.6 Å². The number of carbonyl (C=O) groups excluding carboxylic acids is 1. The number of benzene rings is 3. The van der Waals surface area contributed by atoms with Crippen LogP contribution in [0.3, 0.4) is 0 Å². The zero-order valence-electron chi connectivity index (χ0n) is 21.9. The van der Waals surface area contributed by atoms with Crippen LogP contribution in [0.5, 0.6) is 0 Å². The van der Waals surface area contributed by atoms with E-state index in [-0.39, 0.29) is 16.2 Å². The quantitative estimate of drug-likeness (QED) is 0.292. The highest BCUT2D eigenvalue weighted by Crippen LogP contribution is 2.29. The number of anilines is 1. The Kier molecular flexibility index (Phi) is 7.01. The third-order valence-corrected chi connectivity index (χ3v) is 8.70. The summed E-state index contributed by atoms with van der Waals surface area (Å²) in [6.07, 6.45) is 2.02. The number of carbonyl (C=O) groups is 1. The number of amides is 1. The molecule has 1 N–H and O–H groups in total. The number of nitrogens with zero attached hydrogens (tertiary/aromatic N) is 2. The molecule has 6 nitrogen and oxygen atoms in total. The maximum Gasteiger partial charge on any atom is 0.270 e. The lowest BCUT2D eigenvalue weighted by Crippen LogP contribution is -2.29. The average molecular weight is 550 g/mol. The van der Waals surface area contributed by atoms with Crippen molar-refractivity contribution in [2.24, 2.45) is 0 Å². The normalized spacial score (nSPS) is 14.3. The fraction of sp³-hybridized carbons (Fsp3) is 0.300. The molecular formula is C30H32ClN3O3S. The van der Waals surface area contributed by atoms with E-state index in [0.29, 0.717) is 22.9 Å². The Morgan fingerprint density at radius 3 is 2.21 bits per heavy atom. The predicted molar refractivity (Wildman–Crippen MR) is 154 cm³/mol. The van der Waals surface area contributed by atoms with Gasteiger partial charge in [0.15, 0.2) is 0 Å². The Hall–Kier alpha value is -3.29. The summed E-state index contributed by atoms with van der Waals surface area (Å²) < 4.78 is 30.5. The molecule has 8 heteroatoms. The molecule has 3 aromatic carbocycles. The molecule has 0 unspecified atom stereocenters. The standard InChI is InChI=1S/C30H32ClN3O3S/c1-30(2,3)23-8-6-21(7-9-23)20-34-27-15-12-25(32-38(36,37)26-13-10-24(31)11-14-26)18-22(27)19-28(34)29(35)33-16-4-5-17-33/h6-15,18-19,32H,4-5,16-17,20H2,1-3H3. The second-order valence-electron chi connectivity index (χ2n) is 10.9. The smallest absolute Gasteiger partial charge is 0.270 e. The molecular weight excluding hydrogens is 518 g/mol. The Bertz CT molecular complexity index is 1580. The molecule has 1 aliphatic heterocycles. The summed E-state index contributed by atoms with van der Waals surface area (Å²) in [5.41, 5.74) is 4.33. The summed E-state index contributed by atoms with van der Waals surface area (Å²) in [5, 5.41) is 1.27. The summed E-state index contributed by atoms with van der Waals surface area (Å²) in [6, 6.07) is 21.8. The second kappa shape index (κ2) is 10.1. The highest BCUT2D eigenvalue weighted by atomic mass is 35.5. The van der Waals surface area contributed by atoms with E-state index in [1.165, 1.54) is 17.7 Å². The third-order valence-electron chi connectivity index (χ3n) is 7.05. The van der Waals surface area contributed by atoms with Crippen molar-refractivity contribution in [1.82, 2.24) is 9.47 Å². The van der Waals surface area contributed by atoms with E-state index in [2.05, 4.69) is 49.8 Å². The number of likely N-dealkylation sites (tertiary alicyclic amines) is 1. The fourth-order valence-electron chi connectivity index (χ4n) is 4.88. The van der Waals surface area contributed by atoms with Crippen LogP contribution in [0, 0.1) is 0 Å². The van der Waals surface area contributed by atoms with Crippen molar-refractivity contribution in [2.75, 3.05) is 17.8 Å². The summed E-state index contributed by atoms with van der Waals surface area (Å²) >= 11 is 5.91. The van der Waals surface area contributed by atoms with Gasteiger partial charge in [-0.15, -0.1) is 0 Å². The van der Waals surface area contributed by atoms with Gasteiger partial charge in [-0.3, -0.25) is 9.52 Å². The number of halogens is 1. The SMILES string of the molecule is CC(C)(C)c1ccc(Cn2c(C(=O)N3CCCC3)cc3cc(NS(=O)(=O)c4ccc(Cl)cc4)ccc32)cc1. The van der Waals surface area contributed by atoms with Crippen LogP contribution in [0.4, 0.5) is 5.69 Å². The molecule has 1 amide bonds. The van der Waals surface area contributed by atoms with Crippen LogP contribution in [0.2, 0.25) is 5.02 Å². The van der Waals surface area contributed by atoms with E-state index in [0.717, 1.165) is 42.4 Å². The highest BCUT2D eigenvalue weighted by Gasteiger charge is 2.24. The fourth-order valence-corrected chi connectivity index (χ4v) is 6.06. The molecule has 198 valence electrons. The molecule has 0 spiro atoms. The van der Waals surface area contributed by atoms with Gasteiger partial charge < -0.3 is 9.47 Å². The predicted octanol–water partition coefficient (Wildman–Crippen LogP) is 6.68. The first-order valence-electron chi connectivity index (χ1n) is 12.8. The summed E-state index contributed by atoms with van der Waals surface area (Å²) in [7, 11) is -3.79. The Morgan fingerprint density at radius 1 is 0.921 bits per heavy atom. The molecule has 0 aliphatic carbocycles. The van der Waals surface area contributed by atoms with Crippen LogP contribution in [-0.2, 0) is 22.0 Å². The molecule has 2 heterocycles. The minimum atomic E-state index is -3.79. The first-order valence-corrected chi connectivity index (χ1v) is 14.7. The number of aromatic nitrogens is 1. The van der Waals surface area contributed by atoms with Crippen LogP contribution in [0.25, 0.3) is 10.9 Å². The van der Waals surface area contributed by atoms with Gasteiger partial charge in [-0.05, 0) is 77.9 Å². The lowest BCUT2D eigenvalue weighted by Gasteiger charge is -2.20. The van der Waals surface area contributed by atoms with Crippen LogP contribution in [-0.4, -0.2) is 36.9 Å². The van der Waals surface area contributed by atoms with Crippen molar-refractivity contribution in [1.29, 1.82) is 0 Å². The second-order valence-corrected chi connectivity index (χ2v) is 13.0. The Labute approximate surface area is 229 Å². The molecule has 0 saturated carbocycles. The largest absolute Gasteiger partial charge is 0.337 e. The Morgan fingerprint density at radius 2 is 1.58 bits per heavy atom. The van der Waals surface area contributed by atoms with E-state index in [9.17, 15) is 13.2 Å². The van der Waals surface area contributed by atoms with Crippen molar-refractivity contribution in [3.05, 3.63) is 94.6 Å². The number of sulfonamides is 1. The van der Waals surface area contributed by atoms with Crippen LogP contribution < -0.4 is 4.72 Å². The van der Waals surface area contributed by atoms with Gasteiger partial charge in [0.25, 0.3) is 15.9 Å². The van der Waals surface area contributed by atoms with Gasteiger partial charge in [0.05, 0.1) is 4.90 Å². The summed E-state index contributed by atoms with van der Waals surface area (Å²) in [5.74, 6) is 0.00769. The number of rotatable bonds is 6. The van der Waals surface area contributed by atoms with Gasteiger partial charge in [0.1, 0.15) is 5.69 Å². The minimum Gasteiger partial charge on any atom is -0.337 e. The van der Waals surface area contributed by atoms with Crippen molar-refractivity contribution in [2.45, 2.75) is 50.5 Å². The van der Waals surface area contributed by atoms with E-state index in [1.807, 2.05) is 21.6 Å². The van der Waals surface area contributed by atoms with E-state index in [1.54, 1.807) is 24.3 Å². The average Bonchev–Trinajstić information content (AvgIpc) is 3.52. The lowest BCUT2D eigenvalue weighted by atomic mass is 9.87. The molecule has 38 heavy (non-hydrogen) atoms. The van der Waals surface area contributed by atoms with Gasteiger partial charge in [-0.25, -0.2) is 8.42 Å². The van der Waals surface area contributed by atoms with Crippen molar-refractivity contribution >= 4 is 44.1 Å². The topological polar surface area (TPSA) is 71.4 Å². The number of fused-ring (bicyclic) bond motifs is 1. The van der Waals surface area contributed by atoms with E-state index < -0.39 is 10.0 Å². The Balaban J connectivity index is 1.51. The van der Waals surface area contributed by atoms with Gasteiger partial charge >= 0.3 is 0 Å². The maximum atomic E-state index is 13.5. The van der Waals surface area contributed by atoms with E-state index >= 15 is 0 Å². The number of hydrogen-bond acceptors (Lipinski definition) is 3. The molecule has 1 aliphatic rings. The van der Waals surface area contributed by atoms with Crippen LogP contribution in [0.15, 0.2) is 77.7 Å². The molecule has 0 atom stereocenters. The molecule has 4 aromatic rings. The van der Waals surface area contributed by atoms with Gasteiger partial charge in [-0.1, -0.05) is 56.6 Å². The zero-order valence-corrected chi connectivity index (χ0v) is 23.4. The summed E-state index contributed by atoms with van der Waals surface area (Å²) in [4.78, 5) is 15.6. The number of nitrogens with one attached hydrogen (secondary N) is 1. The molecule has 1 fully saturated rings. The molecule has 0 radical (unpaired) electrons. The zero-order chi connectivity index (χ0) is 27.1. The maximum absolute atomic E-state index is 13.5. The minimum absolute atomic E-state index is 0.00769. The van der Waals surface area contributed by atoms with Crippen molar-refractivity contribution in [3.8, 4) is 0 Å². The molecule has 1 aromatic heterocycles. The van der Waals surface area contributed by atoms with Gasteiger partial charge in [0, 0.05) is 41.2 Å². The lowest BCUT2D eigenvalue weighted by molar-refractivity contribution is 0.0783. The molecule has 5 rings (SSSR count). The third kappa shape index (κ3) is 5.45. The monoisotopic (exact) mass is 549 g/mol. The number of hydrogen-bond donors (Lipinski definition) is 1. The van der Waals surface area contributed by atoms with Crippen molar-refractivity contribution in [3.63, 3.8) is 0 Å². The molecule has 0 bridgehead atoms. The van der Waals surface area contributed by atoms with Gasteiger partial charge in [-0.2, -0.15) is 0 Å². The summed E-state index contributed by atoms with van der Waals surface area (Å²) in [6.45, 7) is 8.62. The van der Waals surface area contributed by atoms with Gasteiger partial charge in [0.2, 0.25) is 0 Å². The van der Waals surface area contributed by atoms with Crippen LogP contribution in [0.1, 0.15) is 55.2 Å². The van der Waals surface area contributed by atoms with Crippen molar-refractivity contribution < 1.29 is 13.2 Å².